The van der Waals surface area contributed by atoms with Gasteiger partial charge in [-0.2, -0.15) is 5.10 Å². The van der Waals surface area contributed by atoms with E-state index in [-0.39, 0.29) is 6.42 Å². The molecule has 0 aliphatic heterocycles. The summed E-state index contributed by atoms with van der Waals surface area (Å²) >= 11 is 6.18. The Hall–Kier alpha value is -4.82. The molecule has 0 radical (unpaired) electrons. The Balaban J connectivity index is 1.40. The number of hydrogen-bond donors (Lipinski definition) is 3. The quantitative estimate of drug-likeness (QED) is 0.214. The summed E-state index contributed by atoms with van der Waals surface area (Å²) in [5.41, 5.74) is 4.59. The number of hydrogen-bond acceptors (Lipinski definition) is 4. The molecule has 0 spiro atoms. The summed E-state index contributed by atoms with van der Waals surface area (Å²) in [5, 5.41) is 18.6. The molecule has 0 saturated carbocycles. The monoisotopic (exact) mass is 540 g/mol. The maximum absolute atomic E-state index is 12.8. The number of carbonyl (C=O) groups excluding carboxylic acids is 1. The van der Waals surface area contributed by atoms with Crippen LogP contribution in [-0.2, 0) is 16.0 Å². The minimum Gasteiger partial charge on any atom is -0.497 e. The highest BCUT2D eigenvalue weighted by Crippen LogP contribution is 2.27. The lowest BCUT2D eigenvalue weighted by Gasteiger charge is -2.12. The topological polar surface area (TPSA) is 109 Å². The SMILES string of the molecule is COc1ccc(-c2nn(-c3cccc(Cl)c3)cc2/C=C/C(=O)NC(Cc2c[nH]c3ccccc23)C(=O)O)cc1. The summed E-state index contributed by atoms with van der Waals surface area (Å²) in [5.74, 6) is -0.937. The van der Waals surface area contributed by atoms with Gasteiger partial charge in [-0.05, 0) is 60.2 Å². The molecule has 5 rings (SSSR count). The van der Waals surface area contributed by atoms with Gasteiger partial charge in [-0.15, -0.1) is 0 Å². The number of halogens is 1. The number of fused-ring (bicyclic) bond motifs is 1. The van der Waals surface area contributed by atoms with Gasteiger partial charge in [-0.3, -0.25) is 4.79 Å². The third kappa shape index (κ3) is 5.86. The van der Waals surface area contributed by atoms with E-state index in [2.05, 4.69) is 10.3 Å². The lowest BCUT2D eigenvalue weighted by Crippen LogP contribution is -2.41. The Morgan fingerprint density at radius 1 is 1.13 bits per heavy atom. The third-order valence-electron chi connectivity index (χ3n) is 6.31. The first-order valence-electron chi connectivity index (χ1n) is 12.2. The molecule has 2 aromatic heterocycles. The van der Waals surface area contributed by atoms with Crippen molar-refractivity contribution in [3.05, 3.63) is 107 Å². The first-order chi connectivity index (χ1) is 18.9. The Kier molecular flexibility index (Phi) is 7.47. The molecular formula is C30H25ClN4O4. The summed E-state index contributed by atoms with van der Waals surface area (Å²) in [4.78, 5) is 27.9. The molecule has 8 nitrogen and oxygen atoms in total. The first-order valence-corrected chi connectivity index (χ1v) is 12.6. The molecule has 5 aromatic rings. The number of H-pyrrole nitrogens is 1. The van der Waals surface area contributed by atoms with Crippen LogP contribution in [0.3, 0.4) is 0 Å². The predicted molar refractivity (Wildman–Crippen MR) is 151 cm³/mol. The second-order valence-corrected chi connectivity index (χ2v) is 9.32. The van der Waals surface area contributed by atoms with Gasteiger partial charge in [0.2, 0.25) is 5.91 Å². The fourth-order valence-electron chi connectivity index (χ4n) is 4.34. The van der Waals surface area contributed by atoms with Crippen molar-refractivity contribution in [1.29, 1.82) is 0 Å². The number of nitrogens with zero attached hydrogens (tertiary/aromatic N) is 2. The minimum absolute atomic E-state index is 0.142. The standard InChI is InChI=1S/C30H25ClN4O4/c1-39-24-12-9-19(10-13-24)29-20(18-35(34-29)23-6-4-5-22(31)16-23)11-14-28(36)33-27(30(37)38)15-21-17-32-26-8-3-2-7-25(21)26/h2-14,16-18,27,32H,15H2,1H3,(H,33,36)(H,37,38)/b14-11+. The summed E-state index contributed by atoms with van der Waals surface area (Å²) in [6.45, 7) is 0. The smallest absolute Gasteiger partial charge is 0.326 e. The normalized spacial score (nSPS) is 12.1. The van der Waals surface area contributed by atoms with E-state index in [1.165, 1.54) is 6.08 Å². The van der Waals surface area contributed by atoms with Crippen LogP contribution in [0.1, 0.15) is 11.1 Å². The molecular weight excluding hydrogens is 516 g/mol. The molecule has 3 N–H and O–H groups in total. The number of benzene rings is 3. The van der Waals surface area contributed by atoms with E-state index in [1.807, 2.05) is 60.7 Å². The first kappa shape index (κ1) is 25.8. The Bertz CT molecular complexity index is 1670. The molecule has 0 aliphatic carbocycles. The molecule has 2 heterocycles. The van der Waals surface area contributed by atoms with Crippen molar-refractivity contribution in [3.8, 4) is 22.7 Å². The Labute approximate surface area is 229 Å². The highest BCUT2D eigenvalue weighted by molar-refractivity contribution is 6.30. The summed E-state index contributed by atoms with van der Waals surface area (Å²) in [6.07, 6.45) is 6.64. The highest BCUT2D eigenvalue weighted by Gasteiger charge is 2.21. The zero-order chi connectivity index (χ0) is 27.4. The van der Waals surface area contributed by atoms with E-state index in [0.29, 0.717) is 22.0 Å². The van der Waals surface area contributed by atoms with Crippen molar-refractivity contribution in [2.45, 2.75) is 12.5 Å². The third-order valence-corrected chi connectivity index (χ3v) is 6.54. The molecule has 196 valence electrons. The number of amides is 1. The lowest BCUT2D eigenvalue weighted by atomic mass is 10.0. The van der Waals surface area contributed by atoms with Crippen LogP contribution in [0, 0.1) is 0 Å². The highest BCUT2D eigenvalue weighted by atomic mass is 35.5. The van der Waals surface area contributed by atoms with Gasteiger partial charge in [0.05, 0.1) is 18.5 Å². The van der Waals surface area contributed by atoms with Crippen molar-refractivity contribution in [2.24, 2.45) is 0 Å². The number of carboxylic acids is 1. The fraction of sp³-hybridized carbons (Fsp3) is 0.100. The number of ether oxygens (including phenoxy) is 1. The van der Waals surface area contributed by atoms with E-state index in [9.17, 15) is 14.7 Å². The van der Waals surface area contributed by atoms with Gasteiger partial charge in [0.15, 0.2) is 0 Å². The summed E-state index contributed by atoms with van der Waals surface area (Å²) in [7, 11) is 1.60. The van der Waals surface area contributed by atoms with Crippen LogP contribution in [0.25, 0.3) is 33.9 Å². The number of rotatable bonds is 9. The zero-order valence-electron chi connectivity index (χ0n) is 21.0. The summed E-state index contributed by atoms with van der Waals surface area (Å²) in [6, 6.07) is 21.2. The van der Waals surface area contributed by atoms with E-state index in [0.717, 1.165) is 27.7 Å². The number of carbonyl (C=O) groups is 2. The number of para-hydroxylation sites is 1. The van der Waals surface area contributed by atoms with Crippen LogP contribution >= 0.6 is 11.6 Å². The maximum atomic E-state index is 12.8. The zero-order valence-corrected chi connectivity index (χ0v) is 21.7. The van der Waals surface area contributed by atoms with Crippen LogP contribution in [0.4, 0.5) is 0 Å². The average molecular weight is 541 g/mol. The van der Waals surface area contributed by atoms with Gasteiger partial charge in [-0.25, -0.2) is 9.48 Å². The van der Waals surface area contributed by atoms with Crippen LogP contribution in [0.5, 0.6) is 5.75 Å². The second-order valence-electron chi connectivity index (χ2n) is 8.88. The fourth-order valence-corrected chi connectivity index (χ4v) is 4.52. The molecule has 1 atom stereocenters. The van der Waals surface area contributed by atoms with Crippen molar-refractivity contribution >= 4 is 40.5 Å². The minimum atomic E-state index is -1.12. The number of nitrogens with one attached hydrogen (secondary N) is 2. The van der Waals surface area contributed by atoms with Gasteiger partial charge in [0, 0.05) is 51.9 Å². The van der Waals surface area contributed by atoms with E-state index >= 15 is 0 Å². The largest absolute Gasteiger partial charge is 0.497 e. The molecule has 0 bridgehead atoms. The number of carboxylic acid groups (broad SMARTS) is 1. The van der Waals surface area contributed by atoms with Gasteiger partial charge >= 0.3 is 5.97 Å². The van der Waals surface area contributed by atoms with Crippen molar-refractivity contribution in [1.82, 2.24) is 20.1 Å². The number of aromatic amines is 1. The van der Waals surface area contributed by atoms with E-state index in [4.69, 9.17) is 21.4 Å². The van der Waals surface area contributed by atoms with Crippen LogP contribution in [0.2, 0.25) is 5.02 Å². The maximum Gasteiger partial charge on any atom is 0.326 e. The van der Waals surface area contributed by atoms with Gasteiger partial charge in [0.25, 0.3) is 0 Å². The second kappa shape index (κ2) is 11.3. The van der Waals surface area contributed by atoms with Crippen LogP contribution < -0.4 is 10.1 Å². The van der Waals surface area contributed by atoms with E-state index < -0.39 is 17.9 Å². The van der Waals surface area contributed by atoms with Crippen LogP contribution in [0.15, 0.2) is 91.3 Å². The molecule has 1 amide bonds. The van der Waals surface area contributed by atoms with Crippen molar-refractivity contribution < 1.29 is 19.4 Å². The lowest BCUT2D eigenvalue weighted by molar-refractivity contribution is -0.141. The predicted octanol–water partition coefficient (Wildman–Crippen LogP) is 5.51. The number of methoxy groups -OCH3 is 1. The number of aromatic nitrogens is 3. The molecule has 0 saturated heterocycles. The molecule has 3 aromatic carbocycles. The summed E-state index contributed by atoms with van der Waals surface area (Å²) < 4.78 is 6.94. The van der Waals surface area contributed by atoms with E-state index in [1.54, 1.807) is 42.4 Å². The molecule has 1 unspecified atom stereocenters. The Morgan fingerprint density at radius 2 is 1.92 bits per heavy atom. The van der Waals surface area contributed by atoms with Crippen LogP contribution in [-0.4, -0.2) is 44.9 Å². The Morgan fingerprint density at radius 3 is 2.67 bits per heavy atom. The van der Waals surface area contributed by atoms with Crippen molar-refractivity contribution in [2.75, 3.05) is 7.11 Å². The molecule has 9 heteroatoms. The van der Waals surface area contributed by atoms with Crippen molar-refractivity contribution in [3.63, 3.8) is 0 Å². The van der Waals surface area contributed by atoms with Gasteiger partial charge in [0.1, 0.15) is 11.8 Å². The molecule has 0 aliphatic rings. The average Bonchev–Trinajstić information content (AvgIpc) is 3.56. The van der Waals surface area contributed by atoms with Gasteiger partial charge in [-0.1, -0.05) is 35.9 Å². The number of aliphatic carboxylic acids is 1. The van der Waals surface area contributed by atoms with Gasteiger partial charge < -0.3 is 20.1 Å². The molecule has 0 fully saturated rings. The molecule has 39 heavy (non-hydrogen) atoms.